The molecule has 10 heteroatoms. The fraction of sp³-hybridized carbons (Fsp3) is 0.333. The van der Waals surface area contributed by atoms with Gasteiger partial charge in [-0.25, -0.2) is 21.6 Å². The Morgan fingerprint density at radius 1 is 1.00 bits per heavy atom. The van der Waals surface area contributed by atoms with Crippen molar-refractivity contribution in [2.75, 3.05) is 25.5 Å². The van der Waals surface area contributed by atoms with Crippen LogP contribution in [0.5, 0.6) is 11.5 Å². The Hall–Kier alpha value is -1.81. The molecular formula is C18H20ClNO6S2. The zero-order chi connectivity index (χ0) is 20.4. The third kappa shape index (κ3) is 4.60. The highest BCUT2D eigenvalue weighted by Gasteiger charge is 2.18. The van der Waals surface area contributed by atoms with Gasteiger partial charge >= 0.3 is 0 Å². The summed E-state index contributed by atoms with van der Waals surface area (Å²) >= 11 is 6.18. The molecule has 0 bridgehead atoms. The van der Waals surface area contributed by atoms with Crippen LogP contribution in [-0.4, -0.2) is 42.3 Å². The van der Waals surface area contributed by atoms with Gasteiger partial charge < -0.3 is 9.47 Å². The molecule has 0 saturated carbocycles. The number of sulfonamides is 1. The molecule has 28 heavy (non-hydrogen) atoms. The molecule has 3 rings (SSSR count). The van der Waals surface area contributed by atoms with Gasteiger partial charge in [0.25, 0.3) is 0 Å². The second kappa shape index (κ2) is 8.28. The number of hydrogen-bond acceptors (Lipinski definition) is 6. The van der Waals surface area contributed by atoms with Crippen molar-refractivity contribution in [3.05, 3.63) is 47.0 Å². The lowest BCUT2D eigenvalue weighted by atomic mass is 10.1. The van der Waals surface area contributed by atoms with Crippen LogP contribution in [0.2, 0.25) is 5.02 Å². The summed E-state index contributed by atoms with van der Waals surface area (Å²) in [4.78, 5) is 0.0997. The lowest BCUT2D eigenvalue weighted by Gasteiger charge is -2.20. The Kier molecular flexibility index (Phi) is 6.18. The minimum atomic E-state index is -3.76. The molecule has 0 spiro atoms. The predicted molar refractivity (Wildman–Crippen MR) is 106 cm³/mol. The Labute approximate surface area is 169 Å². The third-order valence-electron chi connectivity index (χ3n) is 4.24. The van der Waals surface area contributed by atoms with Crippen LogP contribution in [0.15, 0.2) is 46.2 Å². The fourth-order valence-corrected chi connectivity index (χ4v) is 4.92. The van der Waals surface area contributed by atoms with Crippen molar-refractivity contribution in [3.63, 3.8) is 0 Å². The zero-order valence-corrected chi connectivity index (χ0v) is 17.5. The fourth-order valence-electron chi connectivity index (χ4n) is 2.71. The van der Waals surface area contributed by atoms with E-state index in [1.807, 2.05) is 0 Å². The monoisotopic (exact) mass is 445 g/mol. The van der Waals surface area contributed by atoms with E-state index in [-0.39, 0.29) is 22.1 Å². The average molecular weight is 446 g/mol. The molecular weight excluding hydrogens is 426 g/mol. The molecule has 152 valence electrons. The highest BCUT2D eigenvalue weighted by Crippen LogP contribution is 2.38. The SMILES string of the molecule is CCS(=O)(=O)c1ccc(S(=O)(=O)NCCc2cc(Cl)c3c(c2)OCCO3)cc1. The first-order valence-corrected chi connectivity index (χ1v) is 12.1. The molecule has 0 amide bonds. The van der Waals surface area contributed by atoms with Crippen molar-refractivity contribution in [3.8, 4) is 11.5 Å². The van der Waals surface area contributed by atoms with Gasteiger partial charge in [-0.05, 0) is 48.4 Å². The van der Waals surface area contributed by atoms with E-state index in [0.717, 1.165) is 5.56 Å². The van der Waals surface area contributed by atoms with Crippen molar-refractivity contribution in [1.29, 1.82) is 0 Å². The number of sulfone groups is 1. The first kappa shape index (κ1) is 20.9. The maximum Gasteiger partial charge on any atom is 0.240 e. The minimum absolute atomic E-state index is 0.00256. The number of hydrogen-bond donors (Lipinski definition) is 1. The van der Waals surface area contributed by atoms with E-state index in [9.17, 15) is 16.8 Å². The molecule has 0 saturated heterocycles. The van der Waals surface area contributed by atoms with Crippen LogP contribution >= 0.6 is 11.6 Å². The largest absolute Gasteiger partial charge is 0.486 e. The minimum Gasteiger partial charge on any atom is -0.486 e. The number of benzene rings is 2. The van der Waals surface area contributed by atoms with E-state index in [1.165, 1.54) is 31.2 Å². The van der Waals surface area contributed by atoms with Crippen LogP contribution in [0.3, 0.4) is 0 Å². The van der Waals surface area contributed by atoms with Gasteiger partial charge in [-0.3, -0.25) is 0 Å². The molecule has 0 aromatic heterocycles. The van der Waals surface area contributed by atoms with Crippen LogP contribution in [0.1, 0.15) is 12.5 Å². The molecule has 1 heterocycles. The van der Waals surface area contributed by atoms with Gasteiger partial charge in [0.2, 0.25) is 10.0 Å². The van der Waals surface area contributed by atoms with E-state index in [0.29, 0.717) is 36.2 Å². The van der Waals surface area contributed by atoms with E-state index in [1.54, 1.807) is 12.1 Å². The maximum atomic E-state index is 12.4. The summed E-state index contributed by atoms with van der Waals surface area (Å²) in [5.41, 5.74) is 0.807. The van der Waals surface area contributed by atoms with Gasteiger partial charge in [-0.15, -0.1) is 0 Å². The van der Waals surface area contributed by atoms with Crippen LogP contribution in [-0.2, 0) is 26.3 Å². The summed E-state index contributed by atoms with van der Waals surface area (Å²) in [6.07, 6.45) is 0.401. The molecule has 0 aliphatic carbocycles. The van der Waals surface area contributed by atoms with Crippen molar-refractivity contribution >= 4 is 31.5 Å². The average Bonchev–Trinajstić information content (AvgIpc) is 2.68. The topological polar surface area (TPSA) is 98.8 Å². The molecule has 1 aliphatic rings. The predicted octanol–water partition coefficient (Wildman–Crippen LogP) is 2.43. The highest BCUT2D eigenvalue weighted by atomic mass is 35.5. The maximum absolute atomic E-state index is 12.4. The second-order valence-corrected chi connectivity index (χ2v) is 10.6. The van der Waals surface area contributed by atoms with E-state index in [4.69, 9.17) is 21.1 Å². The molecule has 0 unspecified atom stereocenters. The van der Waals surface area contributed by atoms with Crippen LogP contribution in [0.4, 0.5) is 0 Å². The summed E-state index contributed by atoms with van der Waals surface area (Å²) in [5, 5.41) is 0.419. The quantitative estimate of drug-likeness (QED) is 0.702. The van der Waals surface area contributed by atoms with Gasteiger partial charge in [0.15, 0.2) is 21.3 Å². The zero-order valence-electron chi connectivity index (χ0n) is 15.1. The summed E-state index contributed by atoms with van der Waals surface area (Å²) in [6.45, 7) is 2.55. The molecule has 0 fully saturated rings. The summed E-state index contributed by atoms with van der Waals surface area (Å²) in [6, 6.07) is 8.66. The first-order valence-electron chi connectivity index (χ1n) is 8.63. The van der Waals surface area contributed by atoms with Crippen molar-refractivity contribution in [2.45, 2.75) is 23.1 Å². The lowest BCUT2D eigenvalue weighted by molar-refractivity contribution is 0.171. The Morgan fingerprint density at radius 2 is 1.64 bits per heavy atom. The smallest absolute Gasteiger partial charge is 0.240 e. The Morgan fingerprint density at radius 3 is 2.32 bits per heavy atom. The lowest BCUT2D eigenvalue weighted by Crippen LogP contribution is -2.26. The van der Waals surface area contributed by atoms with Crippen molar-refractivity contribution in [2.24, 2.45) is 0 Å². The number of fused-ring (bicyclic) bond motifs is 1. The van der Waals surface area contributed by atoms with Gasteiger partial charge in [0.1, 0.15) is 13.2 Å². The Bertz CT molecular complexity index is 1070. The molecule has 2 aromatic rings. The summed E-state index contributed by atoms with van der Waals surface area (Å²) in [5.74, 6) is 0.999. The highest BCUT2D eigenvalue weighted by molar-refractivity contribution is 7.91. The molecule has 2 aromatic carbocycles. The molecule has 7 nitrogen and oxygen atoms in total. The molecule has 1 aliphatic heterocycles. The second-order valence-electron chi connectivity index (χ2n) is 6.12. The number of ether oxygens (including phenoxy) is 2. The number of rotatable bonds is 7. The van der Waals surface area contributed by atoms with E-state index in [2.05, 4.69) is 4.72 Å². The number of nitrogens with one attached hydrogen (secondary N) is 1. The van der Waals surface area contributed by atoms with Crippen LogP contribution in [0, 0.1) is 0 Å². The van der Waals surface area contributed by atoms with Gasteiger partial charge in [0.05, 0.1) is 20.6 Å². The summed E-state index contributed by atoms with van der Waals surface area (Å²) in [7, 11) is -7.14. The summed E-state index contributed by atoms with van der Waals surface area (Å²) < 4.78 is 62.0. The molecule has 1 N–H and O–H groups in total. The van der Waals surface area contributed by atoms with E-state index >= 15 is 0 Å². The van der Waals surface area contributed by atoms with Crippen molar-refractivity contribution in [1.82, 2.24) is 4.72 Å². The van der Waals surface area contributed by atoms with Crippen LogP contribution < -0.4 is 14.2 Å². The van der Waals surface area contributed by atoms with Gasteiger partial charge in [-0.2, -0.15) is 0 Å². The van der Waals surface area contributed by atoms with Crippen LogP contribution in [0.25, 0.3) is 0 Å². The Balaban J connectivity index is 1.66. The van der Waals surface area contributed by atoms with E-state index < -0.39 is 19.9 Å². The normalized spacial score (nSPS) is 14.1. The van der Waals surface area contributed by atoms with Gasteiger partial charge in [-0.1, -0.05) is 18.5 Å². The number of halogens is 1. The first-order chi connectivity index (χ1) is 13.2. The molecule has 0 radical (unpaired) electrons. The molecule has 0 atom stereocenters. The third-order valence-corrected chi connectivity index (χ3v) is 7.74. The standard InChI is InChI=1S/C18H20ClNO6S2/c1-2-27(21,22)14-3-5-15(6-4-14)28(23,24)20-8-7-13-11-16(19)18-17(12-13)25-9-10-26-18/h3-6,11-12,20H,2,7-10H2,1H3. The van der Waals surface area contributed by atoms with Gasteiger partial charge in [0, 0.05) is 6.54 Å². The van der Waals surface area contributed by atoms with Crippen molar-refractivity contribution < 1.29 is 26.3 Å².